The minimum atomic E-state index is -0.0899. The maximum absolute atomic E-state index is 12.4. The van der Waals surface area contributed by atoms with Gasteiger partial charge in [0.2, 0.25) is 5.91 Å². The van der Waals surface area contributed by atoms with Gasteiger partial charge in [0, 0.05) is 43.5 Å². The number of carbonyl (C=O) groups excluding carboxylic acids is 1. The third kappa shape index (κ3) is 5.44. The molecule has 0 spiro atoms. The van der Waals surface area contributed by atoms with E-state index in [1.54, 1.807) is 11.3 Å². The van der Waals surface area contributed by atoms with E-state index in [2.05, 4.69) is 20.5 Å². The van der Waals surface area contributed by atoms with Gasteiger partial charge in [0.05, 0.1) is 36.8 Å². The van der Waals surface area contributed by atoms with Crippen LogP contribution in [0.1, 0.15) is 12.1 Å². The summed E-state index contributed by atoms with van der Waals surface area (Å²) in [5.41, 5.74) is 9.09. The van der Waals surface area contributed by atoms with Crippen LogP contribution in [0.4, 0.5) is 11.4 Å². The fraction of sp³-hybridized carbons (Fsp3) is 0.381. The summed E-state index contributed by atoms with van der Waals surface area (Å²) in [6.45, 7) is 5.20. The fourth-order valence-corrected chi connectivity index (χ4v) is 4.07. The Morgan fingerprint density at radius 2 is 2.10 bits per heavy atom. The topological polar surface area (TPSA) is 98.3 Å². The van der Waals surface area contributed by atoms with Gasteiger partial charge in [-0.2, -0.15) is 0 Å². The number of rotatable bonds is 8. The summed E-state index contributed by atoms with van der Waals surface area (Å²) in [6.07, 6.45) is 2.78. The zero-order valence-corrected chi connectivity index (χ0v) is 17.6. The van der Waals surface area contributed by atoms with Crippen LogP contribution in [0.2, 0.25) is 0 Å². The molecule has 3 N–H and O–H groups in total. The van der Waals surface area contributed by atoms with Crippen LogP contribution in [0.5, 0.6) is 0 Å². The summed E-state index contributed by atoms with van der Waals surface area (Å²) in [5, 5.41) is 13.3. The van der Waals surface area contributed by atoms with Gasteiger partial charge in [-0.3, -0.25) is 14.4 Å². The molecule has 0 saturated carbocycles. The van der Waals surface area contributed by atoms with E-state index in [1.807, 2.05) is 46.6 Å². The number of nitrogens with zero attached hydrogens (tertiary/aromatic N) is 4. The Hall–Kier alpha value is -2.75. The maximum Gasteiger partial charge on any atom is 0.224 e. The Labute approximate surface area is 179 Å². The molecule has 1 aliphatic rings. The molecule has 30 heavy (non-hydrogen) atoms. The van der Waals surface area contributed by atoms with Gasteiger partial charge < -0.3 is 15.8 Å². The van der Waals surface area contributed by atoms with Crippen molar-refractivity contribution in [2.45, 2.75) is 19.4 Å². The fourth-order valence-electron chi connectivity index (χ4n) is 3.35. The van der Waals surface area contributed by atoms with Gasteiger partial charge in [-0.15, -0.1) is 16.4 Å². The molecule has 2 aromatic heterocycles. The summed E-state index contributed by atoms with van der Waals surface area (Å²) < 4.78 is 7.20. The number of aromatic nitrogens is 3. The molecule has 1 fully saturated rings. The number of morpholine rings is 1. The highest BCUT2D eigenvalue weighted by Crippen LogP contribution is 2.30. The second kappa shape index (κ2) is 9.84. The van der Waals surface area contributed by atoms with Gasteiger partial charge >= 0.3 is 0 Å². The Morgan fingerprint density at radius 3 is 2.90 bits per heavy atom. The van der Waals surface area contributed by atoms with Gasteiger partial charge in [-0.1, -0.05) is 17.3 Å². The Balaban J connectivity index is 1.27. The van der Waals surface area contributed by atoms with Crippen LogP contribution in [-0.2, 0) is 22.5 Å². The Kier molecular flexibility index (Phi) is 6.73. The molecule has 1 aromatic carbocycles. The highest BCUT2D eigenvalue weighted by atomic mass is 32.1. The van der Waals surface area contributed by atoms with Crippen molar-refractivity contribution in [3.8, 4) is 10.4 Å². The van der Waals surface area contributed by atoms with E-state index in [0.717, 1.165) is 55.5 Å². The maximum atomic E-state index is 12.4. The number of nitrogens with two attached hydrogens (primary N) is 1. The van der Waals surface area contributed by atoms with Gasteiger partial charge in [0.15, 0.2) is 0 Å². The van der Waals surface area contributed by atoms with E-state index in [9.17, 15) is 4.79 Å². The molecule has 1 saturated heterocycles. The smallest absolute Gasteiger partial charge is 0.224 e. The number of ether oxygens (including phenoxy) is 1. The van der Waals surface area contributed by atoms with Crippen LogP contribution in [0.15, 0.2) is 41.9 Å². The first-order chi connectivity index (χ1) is 14.7. The zero-order valence-electron chi connectivity index (χ0n) is 16.8. The molecule has 0 radical (unpaired) electrons. The Morgan fingerprint density at radius 1 is 1.23 bits per heavy atom. The minimum Gasteiger partial charge on any atom is -0.397 e. The van der Waals surface area contributed by atoms with Crippen molar-refractivity contribution < 1.29 is 9.53 Å². The van der Waals surface area contributed by atoms with Crippen molar-refractivity contribution in [2.75, 3.05) is 43.9 Å². The van der Waals surface area contributed by atoms with E-state index in [0.29, 0.717) is 24.2 Å². The van der Waals surface area contributed by atoms with Crippen LogP contribution in [0.25, 0.3) is 10.4 Å². The molecule has 158 valence electrons. The summed E-state index contributed by atoms with van der Waals surface area (Å²) >= 11 is 1.65. The molecular formula is C21H26N6O2S. The summed E-state index contributed by atoms with van der Waals surface area (Å²) in [5.74, 6) is -0.0899. The molecule has 3 heterocycles. The second-order valence-electron chi connectivity index (χ2n) is 7.25. The first-order valence-electron chi connectivity index (χ1n) is 10.1. The predicted molar refractivity (Wildman–Crippen MR) is 118 cm³/mol. The standard InChI is InChI=1S/C21H26N6O2S/c22-18-5-3-16(20-2-1-13-30-20)14-19(18)23-21(28)6-4-17-15-27(25-24-17)8-7-26-9-11-29-12-10-26/h1-3,5,13-15H,4,6-12,22H2,(H,23,28). The lowest BCUT2D eigenvalue weighted by molar-refractivity contribution is -0.116. The highest BCUT2D eigenvalue weighted by molar-refractivity contribution is 7.13. The van der Waals surface area contributed by atoms with E-state index in [4.69, 9.17) is 10.5 Å². The number of carbonyl (C=O) groups is 1. The normalized spacial score (nSPS) is 14.7. The number of nitrogen functional groups attached to an aromatic ring is 1. The molecule has 3 aromatic rings. The largest absolute Gasteiger partial charge is 0.397 e. The molecule has 0 unspecified atom stereocenters. The van der Waals surface area contributed by atoms with Crippen molar-refractivity contribution in [3.05, 3.63) is 47.6 Å². The molecule has 9 heteroatoms. The number of aryl methyl sites for hydroxylation is 1. The van der Waals surface area contributed by atoms with E-state index in [1.165, 1.54) is 0 Å². The van der Waals surface area contributed by atoms with Gasteiger partial charge in [-0.25, -0.2) is 0 Å². The van der Waals surface area contributed by atoms with E-state index in [-0.39, 0.29) is 5.91 Å². The average molecular weight is 427 g/mol. The highest BCUT2D eigenvalue weighted by Gasteiger charge is 2.12. The summed E-state index contributed by atoms with van der Waals surface area (Å²) in [7, 11) is 0. The van der Waals surface area contributed by atoms with Crippen LogP contribution in [-0.4, -0.2) is 58.6 Å². The number of amides is 1. The van der Waals surface area contributed by atoms with Crippen molar-refractivity contribution in [2.24, 2.45) is 0 Å². The lowest BCUT2D eigenvalue weighted by atomic mass is 10.1. The number of nitrogens with one attached hydrogen (secondary N) is 1. The summed E-state index contributed by atoms with van der Waals surface area (Å²) in [6, 6.07) is 9.75. The van der Waals surface area contributed by atoms with E-state index < -0.39 is 0 Å². The third-order valence-electron chi connectivity index (χ3n) is 5.08. The van der Waals surface area contributed by atoms with Gasteiger partial charge in [0.25, 0.3) is 0 Å². The quantitative estimate of drug-likeness (QED) is 0.537. The number of thiophene rings is 1. The van der Waals surface area contributed by atoms with Crippen molar-refractivity contribution in [3.63, 3.8) is 0 Å². The summed E-state index contributed by atoms with van der Waals surface area (Å²) in [4.78, 5) is 15.9. The SMILES string of the molecule is Nc1ccc(-c2cccs2)cc1NC(=O)CCc1cn(CCN2CCOCC2)nn1. The average Bonchev–Trinajstić information content (AvgIpc) is 3.45. The molecule has 0 bridgehead atoms. The van der Waals surface area contributed by atoms with Crippen LogP contribution in [0.3, 0.4) is 0 Å². The van der Waals surface area contributed by atoms with E-state index >= 15 is 0 Å². The molecular weight excluding hydrogens is 400 g/mol. The molecule has 0 atom stereocenters. The molecule has 1 amide bonds. The molecule has 8 nitrogen and oxygen atoms in total. The van der Waals surface area contributed by atoms with Crippen LogP contribution in [0, 0.1) is 0 Å². The van der Waals surface area contributed by atoms with Gasteiger partial charge in [-0.05, 0) is 29.1 Å². The molecule has 1 aliphatic heterocycles. The second-order valence-corrected chi connectivity index (χ2v) is 8.20. The zero-order chi connectivity index (χ0) is 20.8. The minimum absolute atomic E-state index is 0.0899. The first-order valence-corrected chi connectivity index (χ1v) is 11.0. The number of hydrogen-bond acceptors (Lipinski definition) is 7. The number of anilines is 2. The number of hydrogen-bond donors (Lipinski definition) is 2. The number of benzene rings is 1. The Bertz CT molecular complexity index is 966. The lowest BCUT2D eigenvalue weighted by Crippen LogP contribution is -2.38. The third-order valence-corrected chi connectivity index (χ3v) is 6.00. The van der Waals surface area contributed by atoms with Gasteiger partial charge in [0.1, 0.15) is 0 Å². The lowest BCUT2D eigenvalue weighted by Gasteiger charge is -2.26. The van der Waals surface area contributed by atoms with Crippen molar-refractivity contribution in [1.82, 2.24) is 19.9 Å². The molecule has 4 rings (SSSR count). The van der Waals surface area contributed by atoms with Crippen molar-refractivity contribution >= 4 is 28.6 Å². The first kappa shape index (κ1) is 20.5. The monoisotopic (exact) mass is 426 g/mol. The predicted octanol–water partition coefficient (Wildman–Crippen LogP) is 2.49. The van der Waals surface area contributed by atoms with Crippen molar-refractivity contribution in [1.29, 1.82) is 0 Å². The molecule has 0 aliphatic carbocycles. The van der Waals surface area contributed by atoms with Crippen LogP contribution >= 0.6 is 11.3 Å². The van der Waals surface area contributed by atoms with Crippen LogP contribution < -0.4 is 11.1 Å².